The molecule has 0 fully saturated rings. The number of hydrogen-bond acceptors (Lipinski definition) is 5. The third-order valence-electron chi connectivity index (χ3n) is 3.05. The summed E-state index contributed by atoms with van der Waals surface area (Å²) < 4.78 is 17.8. The zero-order chi connectivity index (χ0) is 15.6. The minimum atomic E-state index is -0.805. The van der Waals surface area contributed by atoms with Gasteiger partial charge in [0.2, 0.25) is 5.90 Å². The van der Waals surface area contributed by atoms with Crippen LogP contribution in [0.5, 0.6) is 0 Å². The second-order valence-electron chi connectivity index (χ2n) is 5.09. The Balaban J connectivity index is 2.28. The SMILES string of the molecule is CC(=O)OC(=N)C(C)(C)c1csc(-c2ccc(F)cc2)n1. The minimum Gasteiger partial charge on any atom is -0.411 e. The van der Waals surface area contributed by atoms with Crippen molar-refractivity contribution in [1.82, 2.24) is 4.98 Å². The summed E-state index contributed by atoms with van der Waals surface area (Å²) >= 11 is 1.40. The van der Waals surface area contributed by atoms with Crippen LogP contribution in [0.1, 0.15) is 26.5 Å². The van der Waals surface area contributed by atoms with Crippen molar-refractivity contribution < 1.29 is 13.9 Å². The number of nitrogens with zero attached hydrogens (tertiary/aromatic N) is 1. The van der Waals surface area contributed by atoms with E-state index in [2.05, 4.69) is 4.98 Å². The Morgan fingerprint density at radius 1 is 1.33 bits per heavy atom. The van der Waals surface area contributed by atoms with Gasteiger partial charge in [0, 0.05) is 17.9 Å². The van der Waals surface area contributed by atoms with Gasteiger partial charge in [0.05, 0.1) is 11.1 Å². The molecule has 1 aromatic carbocycles. The Labute approximate surface area is 126 Å². The molecule has 0 aliphatic heterocycles. The zero-order valence-corrected chi connectivity index (χ0v) is 12.8. The van der Waals surface area contributed by atoms with Gasteiger partial charge in [-0.3, -0.25) is 10.2 Å². The quantitative estimate of drug-likeness (QED) is 0.533. The molecule has 2 aromatic rings. The molecule has 0 spiro atoms. The van der Waals surface area contributed by atoms with Gasteiger partial charge < -0.3 is 4.74 Å². The van der Waals surface area contributed by atoms with Crippen molar-refractivity contribution in [2.75, 3.05) is 0 Å². The predicted molar refractivity (Wildman–Crippen MR) is 80.0 cm³/mol. The Morgan fingerprint density at radius 3 is 2.52 bits per heavy atom. The Hall–Kier alpha value is -2.08. The monoisotopic (exact) mass is 306 g/mol. The zero-order valence-electron chi connectivity index (χ0n) is 11.9. The highest BCUT2D eigenvalue weighted by Gasteiger charge is 2.32. The molecule has 0 aliphatic rings. The fraction of sp³-hybridized carbons (Fsp3) is 0.267. The van der Waals surface area contributed by atoms with Crippen molar-refractivity contribution in [3.63, 3.8) is 0 Å². The largest absolute Gasteiger partial charge is 0.411 e. The van der Waals surface area contributed by atoms with Crippen molar-refractivity contribution in [1.29, 1.82) is 5.41 Å². The average Bonchev–Trinajstić information content (AvgIpc) is 2.89. The first-order valence-corrected chi connectivity index (χ1v) is 7.18. The standard InChI is InChI=1S/C15H15FN2O2S/c1-9(19)20-14(17)15(2,3)12-8-21-13(18-12)10-4-6-11(16)7-5-10/h4-8,17H,1-3H3. The van der Waals surface area contributed by atoms with E-state index in [0.717, 1.165) is 10.6 Å². The van der Waals surface area contributed by atoms with E-state index in [1.165, 1.54) is 30.4 Å². The number of aromatic nitrogens is 1. The van der Waals surface area contributed by atoms with Gasteiger partial charge in [0.25, 0.3) is 0 Å². The Bertz CT molecular complexity index is 677. The van der Waals surface area contributed by atoms with Crippen molar-refractivity contribution in [2.45, 2.75) is 26.2 Å². The number of rotatable bonds is 3. The van der Waals surface area contributed by atoms with Crippen LogP contribution in [0.2, 0.25) is 0 Å². The van der Waals surface area contributed by atoms with Gasteiger partial charge in [-0.05, 0) is 38.1 Å². The lowest BCUT2D eigenvalue weighted by molar-refractivity contribution is -0.133. The normalized spacial score (nSPS) is 11.2. The van der Waals surface area contributed by atoms with Crippen LogP contribution < -0.4 is 0 Å². The topological polar surface area (TPSA) is 63.0 Å². The van der Waals surface area contributed by atoms with Gasteiger partial charge in [0.15, 0.2) is 0 Å². The number of carbonyl (C=O) groups is 1. The molecule has 0 atom stereocenters. The first-order chi connectivity index (χ1) is 9.80. The van der Waals surface area contributed by atoms with Crippen molar-refractivity contribution in [2.24, 2.45) is 0 Å². The van der Waals surface area contributed by atoms with E-state index in [1.54, 1.807) is 26.0 Å². The molecule has 21 heavy (non-hydrogen) atoms. The van der Waals surface area contributed by atoms with Crippen LogP contribution in [0.25, 0.3) is 10.6 Å². The summed E-state index contributed by atoms with van der Waals surface area (Å²) in [5.41, 5.74) is 0.640. The first-order valence-electron chi connectivity index (χ1n) is 6.30. The molecule has 0 unspecified atom stereocenters. The van der Waals surface area contributed by atoms with Crippen molar-refractivity contribution in [3.8, 4) is 10.6 Å². The van der Waals surface area contributed by atoms with Crippen molar-refractivity contribution in [3.05, 3.63) is 41.2 Å². The minimum absolute atomic E-state index is 0.147. The lowest BCUT2D eigenvalue weighted by Crippen LogP contribution is -2.32. The van der Waals surface area contributed by atoms with Crippen LogP contribution in [0.4, 0.5) is 4.39 Å². The number of thiazole rings is 1. The maximum Gasteiger partial charge on any atom is 0.309 e. The molecule has 1 heterocycles. The second-order valence-corrected chi connectivity index (χ2v) is 5.95. The highest BCUT2D eigenvalue weighted by atomic mass is 32.1. The number of esters is 1. The van der Waals surface area contributed by atoms with Crippen LogP contribution in [-0.2, 0) is 14.9 Å². The highest BCUT2D eigenvalue weighted by molar-refractivity contribution is 7.13. The fourth-order valence-corrected chi connectivity index (χ4v) is 2.67. The second kappa shape index (κ2) is 5.73. The molecule has 1 aromatic heterocycles. The molecular formula is C15H15FN2O2S. The first kappa shape index (κ1) is 15.3. The maximum atomic E-state index is 12.9. The predicted octanol–water partition coefficient (Wildman–Crippen LogP) is 3.77. The van der Waals surface area contributed by atoms with E-state index in [1.807, 2.05) is 5.38 Å². The molecule has 0 saturated heterocycles. The summed E-state index contributed by atoms with van der Waals surface area (Å²) in [4.78, 5) is 15.4. The Kier molecular flexibility index (Phi) is 4.18. The molecule has 0 bridgehead atoms. The number of carbonyl (C=O) groups excluding carboxylic acids is 1. The number of nitrogens with one attached hydrogen (secondary N) is 1. The number of benzene rings is 1. The van der Waals surface area contributed by atoms with Crippen molar-refractivity contribution >= 4 is 23.2 Å². The van der Waals surface area contributed by atoms with E-state index < -0.39 is 11.4 Å². The van der Waals surface area contributed by atoms with E-state index in [9.17, 15) is 9.18 Å². The van der Waals surface area contributed by atoms with Gasteiger partial charge in [-0.1, -0.05) is 0 Å². The summed E-state index contributed by atoms with van der Waals surface area (Å²) in [6, 6.07) is 6.07. The summed E-state index contributed by atoms with van der Waals surface area (Å²) in [5.74, 6) is -0.972. The third-order valence-corrected chi connectivity index (χ3v) is 3.94. The molecule has 0 amide bonds. The average molecular weight is 306 g/mol. The number of ether oxygens (including phenoxy) is 1. The summed E-state index contributed by atoms with van der Waals surface area (Å²) in [6.07, 6.45) is 0. The highest BCUT2D eigenvalue weighted by Crippen LogP contribution is 2.31. The van der Waals surface area contributed by atoms with Gasteiger partial charge >= 0.3 is 5.97 Å². The molecule has 2 rings (SSSR count). The lowest BCUT2D eigenvalue weighted by atomic mass is 9.90. The van der Waals surface area contributed by atoms with Crippen LogP contribution in [0.15, 0.2) is 29.6 Å². The summed E-state index contributed by atoms with van der Waals surface area (Å²) in [7, 11) is 0. The third kappa shape index (κ3) is 3.33. The molecule has 6 heteroatoms. The maximum absolute atomic E-state index is 12.9. The molecular weight excluding hydrogens is 291 g/mol. The van der Waals surface area contributed by atoms with Crippen LogP contribution in [0, 0.1) is 11.2 Å². The van der Waals surface area contributed by atoms with Gasteiger partial charge in [0.1, 0.15) is 10.8 Å². The molecule has 0 saturated carbocycles. The number of halogens is 1. The van der Waals surface area contributed by atoms with Crippen LogP contribution in [-0.4, -0.2) is 16.9 Å². The summed E-state index contributed by atoms with van der Waals surface area (Å²) in [6.45, 7) is 4.79. The Morgan fingerprint density at radius 2 is 1.95 bits per heavy atom. The molecule has 0 radical (unpaired) electrons. The van der Waals surface area contributed by atoms with Crippen LogP contribution >= 0.6 is 11.3 Å². The van der Waals surface area contributed by atoms with Gasteiger partial charge in [-0.25, -0.2) is 9.37 Å². The van der Waals surface area contributed by atoms with Gasteiger partial charge in [-0.15, -0.1) is 11.3 Å². The smallest absolute Gasteiger partial charge is 0.309 e. The van der Waals surface area contributed by atoms with Gasteiger partial charge in [-0.2, -0.15) is 0 Å². The van der Waals surface area contributed by atoms with Crippen LogP contribution in [0.3, 0.4) is 0 Å². The molecule has 1 N–H and O–H groups in total. The lowest BCUT2D eigenvalue weighted by Gasteiger charge is -2.21. The van der Waals surface area contributed by atoms with E-state index >= 15 is 0 Å². The molecule has 110 valence electrons. The molecule has 0 aliphatic carbocycles. The number of hydrogen-bond donors (Lipinski definition) is 1. The van der Waals surface area contributed by atoms with E-state index in [-0.39, 0.29) is 11.7 Å². The fourth-order valence-electron chi connectivity index (χ4n) is 1.67. The summed E-state index contributed by atoms with van der Waals surface area (Å²) in [5, 5.41) is 10.4. The van der Waals surface area contributed by atoms with E-state index in [0.29, 0.717) is 5.69 Å². The van der Waals surface area contributed by atoms with E-state index in [4.69, 9.17) is 10.1 Å². The molecule has 4 nitrogen and oxygen atoms in total.